The molecule has 3 rings (SSSR count). The number of nitrogens with one attached hydrogen (secondary N) is 1. The maximum atomic E-state index is 12.2. The minimum atomic E-state index is -0.225. The molecule has 1 N–H and O–H groups in total. The Balaban J connectivity index is 1.66. The second kappa shape index (κ2) is 6.75. The molecule has 0 fully saturated rings. The number of aromatic amines is 1. The third-order valence-electron chi connectivity index (χ3n) is 3.64. The number of aromatic nitrogens is 2. The molecule has 0 saturated heterocycles. The van der Waals surface area contributed by atoms with Gasteiger partial charge >= 0.3 is 0 Å². The first kappa shape index (κ1) is 15.4. The molecule has 0 saturated carbocycles. The zero-order valence-corrected chi connectivity index (χ0v) is 13.6. The highest BCUT2D eigenvalue weighted by Crippen LogP contribution is 2.12. The van der Waals surface area contributed by atoms with Crippen LogP contribution in [0.2, 0.25) is 0 Å². The average molecular weight is 327 g/mol. The molecule has 1 aromatic carbocycles. The minimum absolute atomic E-state index is 0.00718. The molecule has 0 bridgehead atoms. The number of nitrogens with zero attached hydrogens (tertiary/aromatic N) is 2. The summed E-state index contributed by atoms with van der Waals surface area (Å²) in [6.45, 7) is 0.595. The first-order valence-corrected chi connectivity index (χ1v) is 8.26. The summed E-state index contributed by atoms with van der Waals surface area (Å²) in [5.41, 5.74) is 1.63. The van der Waals surface area contributed by atoms with Crippen molar-refractivity contribution in [3.8, 4) is 0 Å². The van der Waals surface area contributed by atoms with Crippen molar-refractivity contribution in [1.29, 1.82) is 0 Å². The average Bonchev–Trinajstić information content (AvgIpc) is 3.05. The van der Waals surface area contributed by atoms with Crippen LogP contribution < -0.4 is 5.56 Å². The van der Waals surface area contributed by atoms with Gasteiger partial charge in [0.25, 0.3) is 5.56 Å². The number of thiophene rings is 1. The Hall–Kier alpha value is -2.47. The van der Waals surface area contributed by atoms with E-state index in [2.05, 4.69) is 9.97 Å². The van der Waals surface area contributed by atoms with E-state index in [1.165, 1.54) is 0 Å². The van der Waals surface area contributed by atoms with Crippen LogP contribution in [0.15, 0.2) is 46.6 Å². The number of hydrogen-bond acceptors (Lipinski definition) is 4. The lowest BCUT2D eigenvalue weighted by molar-refractivity contribution is -0.130. The largest absolute Gasteiger partial charge is 0.341 e. The third-order valence-corrected chi connectivity index (χ3v) is 4.51. The summed E-state index contributed by atoms with van der Waals surface area (Å²) in [4.78, 5) is 34.2. The quantitative estimate of drug-likeness (QED) is 0.783. The minimum Gasteiger partial charge on any atom is -0.341 e. The van der Waals surface area contributed by atoms with Crippen LogP contribution in [-0.4, -0.2) is 27.8 Å². The van der Waals surface area contributed by atoms with E-state index in [0.29, 0.717) is 24.2 Å². The van der Waals surface area contributed by atoms with Gasteiger partial charge in [-0.2, -0.15) is 0 Å². The summed E-state index contributed by atoms with van der Waals surface area (Å²) in [6.07, 6.45) is 0.615. The van der Waals surface area contributed by atoms with E-state index in [9.17, 15) is 9.59 Å². The lowest BCUT2D eigenvalue weighted by Crippen LogP contribution is -2.27. The van der Waals surface area contributed by atoms with Crippen LogP contribution in [0.5, 0.6) is 0 Å². The van der Waals surface area contributed by atoms with Crippen molar-refractivity contribution in [1.82, 2.24) is 14.9 Å². The number of aryl methyl sites for hydroxylation is 1. The predicted molar refractivity (Wildman–Crippen MR) is 91.5 cm³/mol. The molecule has 2 heterocycles. The van der Waals surface area contributed by atoms with Crippen molar-refractivity contribution in [2.24, 2.45) is 0 Å². The number of rotatable bonds is 5. The van der Waals surface area contributed by atoms with E-state index in [1.807, 2.05) is 41.8 Å². The number of H-pyrrole nitrogens is 1. The van der Waals surface area contributed by atoms with E-state index < -0.39 is 0 Å². The van der Waals surface area contributed by atoms with Crippen LogP contribution in [0.25, 0.3) is 11.0 Å². The zero-order chi connectivity index (χ0) is 16.2. The Morgan fingerprint density at radius 3 is 2.87 bits per heavy atom. The van der Waals surface area contributed by atoms with Gasteiger partial charge in [-0.15, -0.1) is 11.3 Å². The summed E-state index contributed by atoms with van der Waals surface area (Å²) in [5.74, 6) is 0.00718. The summed E-state index contributed by atoms with van der Waals surface area (Å²) >= 11 is 1.63. The number of para-hydroxylation sites is 2. The second-order valence-electron chi connectivity index (χ2n) is 5.36. The maximum Gasteiger partial charge on any atom is 0.270 e. The highest BCUT2D eigenvalue weighted by atomic mass is 32.1. The van der Waals surface area contributed by atoms with Gasteiger partial charge in [0.15, 0.2) is 0 Å². The van der Waals surface area contributed by atoms with Gasteiger partial charge in [0.1, 0.15) is 5.69 Å². The van der Waals surface area contributed by atoms with Crippen molar-refractivity contribution in [2.45, 2.75) is 19.4 Å². The van der Waals surface area contributed by atoms with Crippen LogP contribution in [-0.2, 0) is 17.8 Å². The Morgan fingerprint density at radius 2 is 2.09 bits per heavy atom. The monoisotopic (exact) mass is 327 g/mol. The number of amides is 1. The molecule has 0 aliphatic heterocycles. The topological polar surface area (TPSA) is 66.1 Å². The zero-order valence-electron chi connectivity index (χ0n) is 12.8. The first-order chi connectivity index (χ1) is 11.1. The standard InChI is InChI=1S/C17H17N3O2S/c1-20(11-12-5-4-10-23-12)16(21)9-8-15-17(22)19-14-7-3-2-6-13(14)18-15/h2-7,10H,8-9,11H2,1H3,(H,19,22). The van der Waals surface area contributed by atoms with Gasteiger partial charge < -0.3 is 9.88 Å². The second-order valence-corrected chi connectivity index (χ2v) is 6.39. The Labute approximate surface area is 137 Å². The van der Waals surface area contributed by atoms with Crippen LogP contribution in [0.1, 0.15) is 17.0 Å². The number of carbonyl (C=O) groups is 1. The van der Waals surface area contributed by atoms with Gasteiger partial charge in [-0.05, 0) is 23.6 Å². The molecule has 0 spiro atoms. The van der Waals surface area contributed by atoms with Crippen molar-refractivity contribution in [2.75, 3.05) is 7.05 Å². The van der Waals surface area contributed by atoms with Crippen molar-refractivity contribution < 1.29 is 4.79 Å². The molecule has 6 heteroatoms. The molecule has 5 nitrogen and oxygen atoms in total. The fourth-order valence-corrected chi connectivity index (χ4v) is 3.13. The van der Waals surface area contributed by atoms with E-state index in [0.717, 1.165) is 10.4 Å². The van der Waals surface area contributed by atoms with Crippen LogP contribution in [0.3, 0.4) is 0 Å². The van der Waals surface area contributed by atoms with E-state index in [-0.39, 0.29) is 17.9 Å². The normalized spacial score (nSPS) is 10.8. The van der Waals surface area contributed by atoms with Gasteiger partial charge in [0, 0.05) is 24.8 Å². The van der Waals surface area contributed by atoms with Crippen LogP contribution in [0, 0.1) is 0 Å². The molecule has 0 radical (unpaired) electrons. The smallest absolute Gasteiger partial charge is 0.270 e. The van der Waals surface area contributed by atoms with Crippen molar-refractivity contribution >= 4 is 28.3 Å². The lowest BCUT2D eigenvalue weighted by atomic mass is 10.2. The number of benzene rings is 1. The molecular formula is C17H17N3O2S. The summed E-state index contributed by atoms with van der Waals surface area (Å²) in [5, 5.41) is 1.99. The Morgan fingerprint density at radius 1 is 1.26 bits per heavy atom. The fourth-order valence-electron chi connectivity index (χ4n) is 2.38. The SMILES string of the molecule is CN(Cc1cccs1)C(=O)CCc1nc2ccccc2[nH]c1=O. The van der Waals surface area contributed by atoms with Gasteiger partial charge in [-0.25, -0.2) is 4.98 Å². The van der Waals surface area contributed by atoms with Crippen LogP contribution in [0.4, 0.5) is 0 Å². The molecule has 3 aromatic rings. The fraction of sp³-hybridized carbons (Fsp3) is 0.235. The first-order valence-electron chi connectivity index (χ1n) is 7.38. The van der Waals surface area contributed by atoms with Gasteiger partial charge in [-0.1, -0.05) is 18.2 Å². The molecule has 1 amide bonds. The number of fused-ring (bicyclic) bond motifs is 1. The lowest BCUT2D eigenvalue weighted by Gasteiger charge is -2.15. The highest BCUT2D eigenvalue weighted by Gasteiger charge is 2.12. The predicted octanol–water partition coefficient (Wildman–Crippen LogP) is 2.58. The molecule has 118 valence electrons. The number of hydrogen-bond donors (Lipinski definition) is 1. The van der Waals surface area contributed by atoms with Gasteiger partial charge in [0.2, 0.25) is 5.91 Å². The summed E-state index contributed by atoms with van der Waals surface area (Å²) < 4.78 is 0. The molecule has 0 aliphatic carbocycles. The van der Waals surface area contributed by atoms with E-state index >= 15 is 0 Å². The highest BCUT2D eigenvalue weighted by molar-refractivity contribution is 7.09. The Bertz CT molecular complexity index is 871. The molecule has 23 heavy (non-hydrogen) atoms. The maximum absolute atomic E-state index is 12.2. The molecule has 2 aromatic heterocycles. The Kier molecular flexibility index (Phi) is 4.52. The summed E-state index contributed by atoms with van der Waals surface area (Å²) in [7, 11) is 1.78. The summed E-state index contributed by atoms with van der Waals surface area (Å²) in [6, 6.07) is 11.4. The van der Waals surface area contributed by atoms with Crippen molar-refractivity contribution in [3.05, 3.63) is 62.7 Å². The third kappa shape index (κ3) is 3.65. The van der Waals surface area contributed by atoms with Crippen LogP contribution >= 0.6 is 11.3 Å². The van der Waals surface area contributed by atoms with Gasteiger partial charge in [-0.3, -0.25) is 9.59 Å². The molecular weight excluding hydrogens is 310 g/mol. The van der Waals surface area contributed by atoms with Gasteiger partial charge in [0.05, 0.1) is 17.6 Å². The molecule has 0 aliphatic rings. The number of carbonyl (C=O) groups excluding carboxylic acids is 1. The molecule has 0 unspecified atom stereocenters. The van der Waals surface area contributed by atoms with Crippen molar-refractivity contribution in [3.63, 3.8) is 0 Å². The molecule has 0 atom stereocenters. The van der Waals surface area contributed by atoms with E-state index in [1.54, 1.807) is 23.3 Å². The van der Waals surface area contributed by atoms with E-state index in [4.69, 9.17) is 0 Å².